The summed E-state index contributed by atoms with van der Waals surface area (Å²) in [6.07, 6.45) is 0. The van der Waals surface area contributed by atoms with Gasteiger partial charge in [0.15, 0.2) is 0 Å². The number of nitrogens with zero attached hydrogens (tertiary/aromatic N) is 3. The summed E-state index contributed by atoms with van der Waals surface area (Å²) in [7, 11) is 0. The van der Waals surface area contributed by atoms with E-state index in [2.05, 4.69) is 161 Å². The molecule has 0 unspecified atom stereocenters. The molecule has 3 heteroatoms. The van der Waals surface area contributed by atoms with Gasteiger partial charge < -0.3 is 9.13 Å². The molecule has 0 fully saturated rings. The largest absolute Gasteiger partial charge is 0.309 e. The topological polar surface area (TPSA) is 33.6 Å². The van der Waals surface area contributed by atoms with Gasteiger partial charge in [-0.25, -0.2) is 0 Å². The first-order valence-electron chi connectivity index (χ1n) is 15.5. The molecule has 9 aromatic rings. The van der Waals surface area contributed by atoms with Crippen LogP contribution in [0.3, 0.4) is 0 Å². The number of hydrogen-bond donors (Lipinski definition) is 0. The zero-order valence-corrected chi connectivity index (χ0v) is 24.9. The average molecular weight is 586 g/mol. The summed E-state index contributed by atoms with van der Waals surface area (Å²) in [5.74, 6) is 0. The van der Waals surface area contributed by atoms with E-state index in [9.17, 15) is 5.26 Å². The molecule has 0 bridgehead atoms. The van der Waals surface area contributed by atoms with Crippen LogP contribution in [0, 0.1) is 11.3 Å². The third-order valence-corrected chi connectivity index (χ3v) is 9.15. The van der Waals surface area contributed by atoms with Crippen molar-refractivity contribution in [3.8, 4) is 39.7 Å². The van der Waals surface area contributed by atoms with Crippen molar-refractivity contribution in [3.05, 3.63) is 169 Å². The number of nitriles is 1. The Morgan fingerprint density at radius 1 is 0.370 bits per heavy atom. The van der Waals surface area contributed by atoms with Gasteiger partial charge in [0.1, 0.15) is 6.07 Å². The smallest absolute Gasteiger partial charge is 0.100 e. The highest BCUT2D eigenvalue weighted by Crippen LogP contribution is 2.40. The lowest BCUT2D eigenvalue weighted by molar-refractivity contribution is 1.17. The van der Waals surface area contributed by atoms with Crippen molar-refractivity contribution >= 4 is 43.6 Å². The molecular weight excluding hydrogens is 558 g/mol. The Morgan fingerprint density at radius 2 is 0.783 bits per heavy atom. The van der Waals surface area contributed by atoms with E-state index < -0.39 is 0 Å². The summed E-state index contributed by atoms with van der Waals surface area (Å²) in [4.78, 5) is 0. The molecule has 46 heavy (non-hydrogen) atoms. The van der Waals surface area contributed by atoms with Crippen LogP contribution in [-0.2, 0) is 0 Å². The molecule has 9 rings (SSSR count). The highest BCUT2D eigenvalue weighted by molar-refractivity contribution is 6.10. The standard InChI is InChI=1S/C43H27N3/c44-28-39-37(29-13-2-1-3-14-29)26-32(46-42-23-10-6-19-35(42)36-20-7-11-24-43(36)46)27-38(39)30-15-12-16-31(25-30)45-40-21-8-4-17-33(40)34-18-5-9-22-41(34)45/h1-27H. The normalized spacial score (nSPS) is 11.5. The van der Waals surface area contributed by atoms with Crippen molar-refractivity contribution in [2.45, 2.75) is 0 Å². The van der Waals surface area contributed by atoms with E-state index in [1.807, 2.05) is 18.2 Å². The van der Waals surface area contributed by atoms with Gasteiger partial charge in [-0.3, -0.25) is 0 Å². The van der Waals surface area contributed by atoms with E-state index in [1.165, 1.54) is 21.5 Å². The van der Waals surface area contributed by atoms with Crippen molar-refractivity contribution in [1.82, 2.24) is 9.13 Å². The summed E-state index contributed by atoms with van der Waals surface area (Å²) in [5, 5.41) is 15.6. The molecule has 0 atom stereocenters. The van der Waals surface area contributed by atoms with Gasteiger partial charge in [-0.2, -0.15) is 5.26 Å². The predicted octanol–water partition coefficient (Wildman–Crippen LogP) is 11.1. The maximum absolute atomic E-state index is 10.8. The van der Waals surface area contributed by atoms with Crippen molar-refractivity contribution in [3.63, 3.8) is 0 Å². The van der Waals surface area contributed by atoms with Gasteiger partial charge in [-0.1, -0.05) is 115 Å². The monoisotopic (exact) mass is 585 g/mol. The summed E-state index contributed by atoms with van der Waals surface area (Å²) >= 11 is 0. The molecule has 0 N–H and O–H groups in total. The number of benzene rings is 7. The van der Waals surface area contributed by atoms with E-state index in [1.54, 1.807) is 0 Å². The fourth-order valence-corrected chi connectivity index (χ4v) is 7.16. The number of aromatic nitrogens is 2. The van der Waals surface area contributed by atoms with E-state index >= 15 is 0 Å². The molecule has 0 saturated heterocycles. The molecule has 7 aromatic carbocycles. The Bertz CT molecular complexity index is 2540. The Kier molecular flexibility index (Phi) is 5.88. The van der Waals surface area contributed by atoms with Crippen LogP contribution in [-0.4, -0.2) is 9.13 Å². The predicted molar refractivity (Wildman–Crippen MR) is 191 cm³/mol. The summed E-state index contributed by atoms with van der Waals surface area (Å²) < 4.78 is 4.66. The first-order chi connectivity index (χ1) is 22.8. The molecule has 0 amide bonds. The van der Waals surface area contributed by atoms with Crippen LogP contribution in [0.4, 0.5) is 0 Å². The van der Waals surface area contributed by atoms with Crippen molar-refractivity contribution in [2.75, 3.05) is 0 Å². The number of rotatable bonds is 4. The molecule has 0 aliphatic rings. The lowest BCUT2D eigenvalue weighted by Crippen LogP contribution is -1.99. The Labute approximate surface area is 266 Å². The minimum atomic E-state index is 0.662. The van der Waals surface area contributed by atoms with Crippen molar-refractivity contribution in [1.29, 1.82) is 5.26 Å². The molecule has 0 aliphatic carbocycles. The molecule has 0 spiro atoms. The Hall–Kier alpha value is -6.37. The Morgan fingerprint density at radius 3 is 1.28 bits per heavy atom. The molecule has 2 aromatic heterocycles. The number of fused-ring (bicyclic) bond motifs is 6. The van der Waals surface area contributed by atoms with Crippen LogP contribution in [0.2, 0.25) is 0 Å². The molecular formula is C43H27N3. The van der Waals surface area contributed by atoms with Crippen molar-refractivity contribution in [2.24, 2.45) is 0 Å². The molecule has 0 saturated carbocycles. The minimum absolute atomic E-state index is 0.662. The number of hydrogen-bond acceptors (Lipinski definition) is 1. The van der Waals surface area contributed by atoms with Gasteiger partial charge in [0.25, 0.3) is 0 Å². The van der Waals surface area contributed by atoms with Gasteiger partial charge in [-0.05, 0) is 59.7 Å². The van der Waals surface area contributed by atoms with E-state index in [4.69, 9.17) is 0 Å². The number of para-hydroxylation sites is 4. The quantitative estimate of drug-likeness (QED) is 0.202. The van der Waals surface area contributed by atoms with Gasteiger partial charge in [0.2, 0.25) is 0 Å². The van der Waals surface area contributed by atoms with E-state index in [0.29, 0.717) is 5.56 Å². The summed E-state index contributed by atoms with van der Waals surface area (Å²) in [5.41, 5.74) is 11.2. The maximum atomic E-state index is 10.8. The molecule has 0 aliphatic heterocycles. The zero-order valence-electron chi connectivity index (χ0n) is 24.9. The second kappa shape index (κ2) is 10.4. The fourth-order valence-electron chi connectivity index (χ4n) is 7.16. The van der Waals surface area contributed by atoms with E-state index in [-0.39, 0.29) is 0 Å². The molecule has 3 nitrogen and oxygen atoms in total. The van der Waals surface area contributed by atoms with Crippen LogP contribution < -0.4 is 0 Å². The Balaban J connectivity index is 1.35. The van der Waals surface area contributed by atoms with Gasteiger partial charge in [0.05, 0.1) is 27.6 Å². The minimum Gasteiger partial charge on any atom is -0.309 e. The first-order valence-corrected chi connectivity index (χ1v) is 15.5. The highest BCUT2D eigenvalue weighted by atomic mass is 15.0. The SMILES string of the molecule is N#Cc1c(-c2ccccc2)cc(-n2c3ccccc3c3ccccc32)cc1-c1cccc(-n2c3ccccc3c3ccccc32)c1. The average Bonchev–Trinajstić information content (AvgIpc) is 3.65. The van der Waals surface area contributed by atoms with Crippen LogP contribution in [0.1, 0.15) is 5.56 Å². The second-order valence-electron chi connectivity index (χ2n) is 11.7. The third-order valence-electron chi connectivity index (χ3n) is 9.15. The zero-order chi connectivity index (χ0) is 30.6. The van der Waals surface area contributed by atoms with Gasteiger partial charge >= 0.3 is 0 Å². The summed E-state index contributed by atoms with van der Waals surface area (Å²) in [6, 6.07) is 60.1. The fraction of sp³-hybridized carbons (Fsp3) is 0. The van der Waals surface area contributed by atoms with Crippen LogP contribution in [0.15, 0.2) is 164 Å². The highest BCUT2D eigenvalue weighted by Gasteiger charge is 2.19. The van der Waals surface area contributed by atoms with E-state index in [0.717, 1.165) is 55.7 Å². The summed E-state index contributed by atoms with van der Waals surface area (Å²) in [6.45, 7) is 0. The maximum Gasteiger partial charge on any atom is 0.100 e. The van der Waals surface area contributed by atoms with Gasteiger partial charge in [0, 0.05) is 44.0 Å². The van der Waals surface area contributed by atoms with Crippen LogP contribution in [0.5, 0.6) is 0 Å². The lowest BCUT2D eigenvalue weighted by atomic mass is 9.91. The van der Waals surface area contributed by atoms with Crippen LogP contribution >= 0.6 is 0 Å². The van der Waals surface area contributed by atoms with Gasteiger partial charge in [-0.15, -0.1) is 0 Å². The second-order valence-corrected chi connectivity index (χ2v) is 11.7. The molecule has 214 valence electrons. The lowest BCUT2D eigenvalue weighted by Gasteiger charge is -2.17. The van der Waals surface area contributed by atoms with Crippen molar-refractivity contribution < 1.29 is 0 Å². The third kappa shape index (κ3) is 3.91. The molecule has 2 heterocycles. The van der Waals surface area contributed by atoms with Crippen LogP contribution in [0.25, 0.3) is 77.2 Å². The first kappa shape index (κ1) is 26.1. The molecule has 0 radical (unpaired) electrons.